The van der Waals surface area contributed by atoms with Crippen LogP contribution < -0.4 is 5.32 Å². The average Bonchev–Trinajstić information content (AvgIpc) is 3.43. The Morgan fingerprint density at radius 3 is 2.75 bits per heavy atom. The number of hydrogen-bond acceptors (Lipinski definition) is 4. The zero-order valence-corrected chi connectivity index (χ0v) is 15.9. The fourth-order valence-electron chi connectivity index (χ4n) is 4.80. The molecule has 2 aromatic rings. The van der Waals surface area contributed by atoms with Crippen LogP contribution in [0.1, 0.15) is 35.4 Å². The number of nitrogens with zero attached hydrogens (tertiary/aromatic N) is 4. The molecule has 1 aliphatic carbocycles. The number of fused-ring (bicyclic) bond motifs is 3. The predicted octanol–water partition coefficient (Wildman–Crippen LogP) is 1.96. The lowest BCUT2D eigenvalue weighted by molar-refractivity contribution is -0.134. The number of aromatic nitrogens is 2. The third kappa shape index (κ3) is 3.30. The van der Waals surface area contributed by atoms with E-state index < -0.39 is 0 Å². The first-order valence-corrected chi connectivity index (χ1v) is 10.1. The van der Waals surface area contributed by atoms with Crippen LogP contribution in [0.2, 0.25) is 0 Å². The van der Waals surface area contributed by atoms with Gasteiger partial charge in [-0.05, 0) is 43.4 Å². The van der Waals surface area contributed by atoms with Crippen LogP contribution in [0.4, 0.5) is 5.69 Å². The highest BCUT2D eigenvalue weighted by molar-refractivity contribution is 6.02. The number of para-hydroxylation sites is 1. The van der Waals surface area contributed by atoms with Gasteiger partial charge in [-0.2, -0.15) is 5.10 Å². The maximum Gasteiger partial charge on any atom is 0.276 e. The van der Waals surface area contributed by atoms with Crippen molar-refractivity contribution in [3.63, 3.8) is 0 Å². The Balaban J connectivity index is 1.22. The van der Waals surface area contributed by atoms with Gasteiger partial charge in [0.15, 0.2) is 5.69 Å². The molecule has 7 nitrogen and oxygen atoms in total. The van der Waals surface area contributed by atoms with E-state index in [2.05, 4.69) is 15.3 Å². The molecule has 146 valence electrons. The van der Waals surface area contributed by atoms with Gasteiger partial charge < -0.3 is 10.2 Å². The van der Waals surface area contributed by atoms with Gasteiger partial charge in [-0.15, -0.1) is 0 Å². The van der Waals surface area contributed by atoms with Crippen molar-refractivity contribution in [1.29, 1.82) is 0 Å². The zero-order chi connectivity index (χ0) is 19.1. The van der Waals surface area contributed by atoms with Gasteiger partial charge in [0.2, 0.25) is 5.91 Å². The van der Waals surface area contributed by atoms with Gasteiger partial charge in [-0.3, -0.25) is 19.2 Å². The monoisotopic (exact) mass is 379 g/mol. The topological polar surface area (TPSA) is 70.5 Å². The largest absolute Gasteiger partial charge is 0.334 e. The number of anilines is 1. The molecule has 3 aliphatic rings. The fourth-order valence-corrected chi connectivity index (χ4v) is 4.80. The number of rotatable bonds is 4. The zero-order valence-electron chi connectivity index (χ0n) is 15.9. The second-order valence-corrected chi connectivity index (χ2v) is 8.14. The van der Waals surface area contributed by atoms with Crippen molar-refractivity contribution in [2.45, 2.75) is 38.4 Å². The van der Waals surface area contributed by atoms with Crippen LogP contribution in [0.5, 0.6) is 0 Å². The molecule has 1 N–H and O–H groups in total. The molecule has 1 saturated carbocycles. The molecule has 2 aliphatic heterocycles. The van der Waals surface area contributed by atoms with Gasteiger partial charge in [0.1, 0.15) is 0 Å². The highest BCUT2D eigenvalue weighted by Gasteiger charge is 2.39. The lowest BCUT2D eigenvalue weighted by atomic mass is 10.1. The average molecular weight is 379 g/mol. The van der Waals surface area contributed by atoms with Gasteiger partial charge in [-0.1, -0.05) is 18.2 Å². The van der Waals surface area contributed by atoms with Crippen molar-refractivity contribution >= 4 is 17.5 Å². The highest BCUT2D eigenvalue weighted by Crippen LogP contribution is 2.37. The summed E-state index contributed by atoms with van der Waals surface area (Å²) in [5.41, 5.74) is 2.06. The number of carbonyl (C=O) groups excluding carboxylic acids is 2. The van der Waals surface area contributed by atoms with E-state index in [1.54, 1.807) is 6.07 Å². The standard InChI is InChI=1S/C21H25N5O2/c27-20(14-25-12-15-6-7-17(25)10-15)24-8-9-26-18(13-24)11-19(23-26)21(28)22-16-4-2-1-3-5-16/h1-5,11,15,17H,6-10,12-14H2,(H,22,28)/t15-,17-/m0/s1. The van der Waals surface area contributed by atoms with E-state index in [0.29, 0.717) is 37.9 Å². The van der Waals surface area contributed by atoms with Gasteiger partial charge in [0, 0.05) is 24.8 Å². The van der Waals surface area contributed by atoms with Crippen LogP contribution >= 0.6 is 0 Å². The number of amides is 2. The van der Waals surface area contributed by atoms with Gasteiger partial charge in [0.25, 0.3) is 5.91 Å². The third-order valence-electron chi connectivity index (χ3n) is 6.28. The third-order valence-corrected chi connectivity index (χ3v) is 6.28. The molecule has 0 unspecified atom stereocenters. The molecule has 1 aromatic carbocycles. The minimum absolute atomic E-state index is 0.190. The second-order valence-electron chi connectivity index (χ2n) is 8.14. The smallest absolute Gasteiger partial charge is 0.276 e. The molecule has 5 rings (SSSR count). The molecule has 0 radical (unpaired) electrons. The minimum atomic E-state index is -0.223. The molecule has 2 fully saturated rings. The number of carbonyl (C=O) groups is 2. The molecule has 1 saturated heterocycles. The van der Waals surface area contributed by atoms with E-state index in [9.17, 15) is 9.59 Å². The first kappa shape index (κ1) is 17.4. The Morgan fingerprint density at radius 1 is 1.14 bits per heavy atom. The minimum Gasteiger partial charge on any atom is -0.334 e. The summed E-state index contributed by atoms with van der Waals surface area (Å²) in [6.45, 7) is 3.40. The van der Waals surface area contributed by atoms with Crippen LogP contribution in [0, 0.1) is 5.92 Å². The highest BCUT2D eigenvalue weighted by atomic mass is 16.2. The van der Waals surface area contributed by atoms with Crippen molar-refractivity contribution in [1.82, 2.24) is 19.6 Å². The number of piperidine rings is 1. The predicted molar refractivity (Wildman–Crippen MR) is 105 cm³/mol. The Morgan fingerprint density at radius 2 is 2.00 bits per heavy atom. The van der Waals surface area contributed by atoms with Gasteiger partial charge in [0.05, 0.1) is 25.3 Å². The Bertz CT molecular complexity index is 893. The van der Waals surface area contributed by atoms with Crippen LogP contribution in [0.3, 0.4) is 0 Å². The first-order chi connectivity index (χ1) is 13.7. The lowest BCUT2D eigenvalue weighted by Gasteiger charge is -2.32. The molecule has 0 spiro atoms. The molecule has 28 heavy (non-hydrogen) atoms. The number of likely N-dealkylation sites (tertiary alicyclic amines) is 1. The Kier molecular flexibility index (Phi) is 4.39. The summed E-state index contributed by atoms with van der Waals surface area (Å²) in [5, 5.41) is 7.29. The van der Waals surface area contributed by atoms with Crippen LogP contribution in [-0.4, -0.2) is 57.1 Å². The first-order valence-electron chi connectivity index (χ1n) is 10.1. The Hall–Kier alpha value is -2.67. The lowest BCUT2D eigenvalue weighted by Crippen LogP contribution is -2.45. The number of nitrogens with one attached hydrogen (secondary N) is 1. The van der Waals surface area contributed by atoms with Crippen molar-refractivity contribution in [2.75, 3.05) is 25.0 Å². The van der Waals surface area contributed by atoms with Crippen LogP contribution in [0.25, 0.3) is 0 Å². The normalized spacial score (nSPS) is 23.6. The van der Waals surface area contributed by atoms with Crippen molar-refractivity contribution in [3.05, 3.63) is 47.8 Å². The molecular formula is C21H25N5O2. The molecule has 7 heteroatoms. The van der Waals surface area contributed by atoms with E-state index in [1.165, 1.54) is 19.3 Å². The van der Waals surface area contributed by atoms with Crippen molar-refractivity contribution in [3.8, 4) is 0 Å². The van der Waals surface area contributed by atoms with Crippen molar-refractivity contribution < 1.29 is 9.59 Å². The number of benzene rings is 1. The summed E-state index contributed by atoms with van der Waals surface area (Å²) in [6, 6.07) is 11.8. The quantitative estimate of drug-likeness (QED) is 0.882. The molecule has 2 bridgehead atoms. The van der Waals surface area contributed by atoms with E-state index >= 15 is 0 Å². The summed E-state index contributed by atoms with van der Waals surface area (Å²) < 4.78 is 1.85. The molecule has 2 amide bonds. The Labute approximate surface area is 164 Å². The van der Waals surface area contributed by atoms with Gasteiger partial charge in [-0.25, -0.2) is 0 Å². The SMILES string of the molecule is O=C(Nc1ccccc1)c1cc2n(n1)CCN(C(=O)CN1C[C@H]3CC[C@H]1C3)C2. The summed E-state index contributed by atoms with van der Waals surface area (Å²) in [4.78, 5) is 29.5. The van der Waals surface area contributed by atoms with E-state index in [4.69, 9.17) is 0 Å². The van der Waals surface area contributed by atoms with Crippen LogP contribution in [-0.2, 0) is 17.9 Å². The van der Waals surface area contributed by atoms with Gasteiger partial charge >= 0.3 is 0 Å². The molecule has 1 aromatic heterocycles. The summed E-state index contributed by atoms with van der Waals surface area (Å²) in [7, 11) is 0. The molecule has 2 atom stereocenters. The van der Waals surface area contributed by atoms with Crippen LogP contribution in [0.15, 0.2) is 36.4 Å². The summed E-state index contributed by atoms with van der Waals surface area (Å²) in [5.74, 6) is 0.764. The van der Waals surface area contributed by atoms with E-state index in [1.807, 2.05) is 39.9 Å². The second kappa shape index (κ2) is 7.05. The maximum atomic E-state index is 12.8. The summed E-state index contributed by atoms with van der Waals surface area (Å²) in [6.07, 6.45) is 3.83. The fraction of sp³-hybridized carbons (Fsp3) is 0.476. The number of hydrogen-bond donors (Lipinski definition) is 1. The summed E-state index contributed by atoms with van der Waals surface area (Å²) >= 11 is 0. The van der Waals surface area contributed by atoms with Crippen molar-refractivity contribution in [2.24, 2.45) is 5.92 Å². The molecular weight excluding hydrogens is 354 g/mol. The maximum absolute atomic E-state index is 12.8. The van der Waals surface area contributed by atoms with E-state index in [-0.39, 0.29) is 11.8 Å². The molecule has 3 heterocycles. The van der Waals surface area contributed by atoms with E-state index in [0.717, 1.165) is 23.8 Å².